The molecule has 0 aliphatic heterocycles. The Kier molecular flexibility index (Phi) is 1.80. The molecule has 2 rings (SSSR count). The summed E-state index contributed by atoms with van der Waals surface area (Å²) in [5.41, 5.74) is 2.73. The average Bonchev–Trinajstić information content (AvgIpc) is 2.87. The van der Waals surface area contributed by atoms with E-state index in [4.69, 9.17) is 4.74 Å². The van der Waals surface area contributed by atoms with Crippen molar-refractivity contribution in [1.82, 2.24) is 0 Å². The Morgan fingerprint density at radius 2 is 2.08 bits per heavy atom. The molecule has 0 spiro atoms. The van der Waals surface area contributed by atoms with Crippen LogP contribution < -0.4 is 4.74 Å². The van der Waals surface area contributed by atoms with Crippen molar-refractivity contribution in [2.24, 2.45) is 0 Å². The van der Waals surface area contributed by atoms with Gasteiger partial charge in [0.25, 0.3) is 0 Å². The van der Waals surface area contributed by atoms with Crippen molar-refractivity contribution < 1.29 is 4.74 Å². The molecular weight excluding hydrogens is 148 g/mol. The quantitative estimate of drug-likeness (QED) is 0.649. The number of aryl methyl sites for hydroxylation is 1. The summed E-state index contributed by atoms with van der Waals surface area (Å²) in [4.78, 5) is 0. The van der Waals surface area contributed by atoms with Gasteiger partial charge in [-0.1, -0.05) is 17.7 Å². The summed E-state index contributed by atoms with van der Waals surface area (Å²) in [7, 11) is 1.75. The molecule has 0 atom stereocenters. The van der Waals surface area contributed by atoms with E-state index in [-0.39, 0.29) is 0 Å². The third kappa shape index (κ3) is 1.31. The van der Waals surface area contributed by atoms with Gasteiger partial charge in [-0.25, -0.2) is 0 Å². The van der Waals surface area contributed by atoms with Crippen molar-refractivity contribution in [3.8, 4) is 5.75 Å². The zero-order valence-corrected chi connectivity index (χ0v) is 7.63. The number of methoxy groups -OCH3 is 1. The second-order valence-corrected chi connectivity index (χ2v) is 3.52. The standard InChI is InChI=1S/C11H14O/c1-8-3-6-11(12-2)10(7-8)9-4-5-9/h3,6-7,9H,4-5H2,1-2H3. The molecule has 1 aliphatic carbocycles. The van der Waals surface area contributed by atoms with E-state index in [2.05, 4.69) is 25.1 Å². The van der Waals surface area contributed by atoms with Crippen LogP contribution in [0.1, 0.15) is 29.9 Å². The molecule has 0 saturated heterocycles. The van der Waals surface area contributed by atoms with E-state index in [0.717, 1.165) is 11.7 Å². The molecule has 0 N–H and O–H groups in total. The molecule has 0 bridgehead atoms. The zero-order chi connectivity index (χ0) is 8.55. The molecule has 1 aromatic carbocycles. The van der Waals surface area contributed by atoms with Crippen LogP contribution in [-0.2, 0) is 0 Å². The van der Waals surface area contributed by atoms with Gasteiger partial charge >= 0.3 is 0 Å². The SMILES string of the molecule is COc1ccc(C)cc1C1CC1. The fraction of sp³-hybridized carbons (Fsp3) is 0.455. The van der Waals surface area contributed by atoms with Crippen LogP contribution in [0.25, 0.3) is 0 Å². The highest BCUT2D eigenvalue weighted by molar-refractivity contribution is 5.41. The van der Waals surface area contributed by atoms with E-state index in [1.807, 2.05) is 0 Å². The Morgan fingerprint density at radius 1 is 1.33 bits per heavy atom. The topological polar surface area (TPSA) is 9.23 Å². The van der Waals surface area contributed by atoms with Gasteiger partial charge in [0.2, 0.25) is 0 Å². The Bertz CT molecular complexity index is 287. The van der Waals surface area contributed by atoms with Crippen LogP contribution in [0.5, 0.6) is 5.75 Å². The number of ether oxygens (including phenoxy) is 1. The molecule has 0 aromatic heterocycles. The van der Waals surface area contributed by atoms with Gasteiger partial charge in [0.05, 0.1) is 7.11 Å². The van der Waals surface area contributed by atoms with E-state index >= 15 is 0 Å². The minimum atomic E-state index is 0.778. The lowest BCUT2D eigenvalue weighted by atomic mass is 10.1. The van der Waals surface area contributed by atoms with Gasteiger partial charge in [0.1, 0.15) is 5.75 Å². The molecule has 64 valence electrons. The van der Waals surface area contributed by atoms with Gasteiger partial charge in [-0.05, 0) is 37.3 Å². The fourth-order valence-corrected chi connectivity index (χ4v) is 1.57. The van der Waals surface area contributed by atoms with E-state index in [0.29, 0.717) is 0 Å². The summed E-state index contributed by atoms with van der Waals surface area (Å²) >= 11 is 0. The zero-order valence-electron chi connectivity index (χ0n) is 7.63. The first-order chi connectivity index (χ1) is 5.81. The van der Waals surface area contributed by atoms with Gasteiger partial charge in [-0.3, -0.25) is 0 Å². The van der Waals surface area contributed by atoms with Crippen LogP contribution in [-0.4, -0.2) is 7.11 Å². The van der Waals surface area contributed by atoms with Crippen LogP contribution >= 0.6 is 0 Å². The molecule has 0 amide bonds. The van der Waals surface area contributed by atoms with Crippen molar-refractivity contribution >= 4 is 0 Å². The van der Waals surface area contributed by atoms with Crippen molar-refractivity contribution in [3.63, 3.8) is 0 Å². The normalized spacial score (nSPS) is 16.2. The molecule has 1 fully saturated rings. The molecular formula is C11H14O. The second-order valence-electron chi connectivity index (χ2n) is 3.52. The van der Waals surface area contributed by atoms with Gasteiger partial charge in [-0.15, -0.1) is 0 Å². The fourth-order valence-electron chi connectivity index (χ4n) is 1.57. The summed E-state index contributed by atoms with van der Waals surface area (Å²) in [5, 5.41) is 0. The maximum Gasteiger partial charge on any atom is 0.122 e. The predicted molar refractivity (Wildman–Crippen MR) is 49.7 cm³/mol. The highest BCUT2D eigenvalue weighted by atomic mass is 16.5. The third-order valence-corrected chi connectivity index (χ3v) is 2.40. The summed E-state index contributed by atoms with van der Waals surface area (Å²) in [6.07, 6.45) is 2.67. The first kappa shape index (κ1) is 7.66. The first-order valence-electron chi connectivity index (χ1n) is 4.46. The maximum atomic E-state index is 5.30. The molecule has 0 unspecified atom stereocenters. The molecule has 12 heavy (non-hydrogen) atoms. The second kappa shape index (κ2) is 2.81. The van der Waals surface area contributed by atoms with Crippen molar-refractivity contribution in [3.05, 3.63) is 29.3 Å². The Balaban J connectivity index is 2.39. The number of hydrogen-bond acceptors (Lipinski definition) is 1. The minimum Gasteiger partial charge on any atom is -0.496 e. The Hall–Kier alpha value is -0.980. The molecule has 1 heteroatoms. The Labute approximate surface area is 73.4 Å². The Morgan fingerprint density at radius 3 is 2.67 bits per heavy atom. The van der Waals surface area contributed by atoms with Crippen molar-refractivity contribution in [2.75, 3.05) is 7.11 Å². The highest BCUT2D eigenvalue weighted by Crippen LogP contribution is 2.44. The lowest BCUT2D eigenvalue weighted by Crippen LogP contribution is -1.90. The summed E-state index contributed by atoms with van der Waals surface area (Å²) < 4.78 is 5.30. The van der Waals surface area contributed by atoms with Gasteiger partial charge < -0.3 is 4.74 Å². The van der Waals surface area contributed by atoms with E-state index in [1.54, 1.807) is 7.11 Å². The molecule has 0 radical (unpaired) electrons. The summed E-state index contributed by atoms with van der Waals surface area (Å²) in [6.45, 7) is 2.13. The van der Waals surface area contributed by atoms with E-state index < -0.39 is 0 Å². The van der Waals surface area contributed by atoms with Crippen LogP contribution in [0.3, 0.4) is 0 Å². The lowest BCUT2D eigenvalue weighted by Gasteiger charge is -2.07. The molecule has 1 aromatic rings. The average molecular weight is 162 g/mol. The largest absolute Gasteiger partial charge is 0.496 e. The van der Waals surface area contributed by atoms with Crippen LogP contribution in [0.15, 0.2) is 18.2 Å². The van der Waals surface area contributed by atoms with Crippen molar-refractivity contribution in [1.29, 1.82) is 0 Å². The van der Waals surface area contributed by atoms with Gasteiger partial charge in [0.15, 0.2) is 0 Å². The van der Waals surface area contributed by atoms with Gasteiger partial charge in [0, 0.05) is 0 Å². The van der Waals surface area contributed by atoms with Gasteiger partial charge in [-0.2, -0.15) is 0 Å². The molecule has 0 heterocycles. The van der Waals surface area contributed by atoms with E-state index in [1.165, 1.54) is 24.0 Å². The molecule has 1 aliphatic rings. The van der Waals surface area contributed by atoms with Crippen LogP contribution in [0, 0.1) is 6.92 Å². The molecule has 1 nitrogen and oxygen atoms in total. The van der Waals surface area contributed by atoms with Crippen molar-refractivity contribution in [2.45, 2.75) is 25.7 Å². The number of hydrogen-bond donors (Lipinski definition) is 0. The van der Waals surface area contributed by atoms with E-state index in [9.17, 15) is 0 Å². The first-order valence-corrected chi connectivity index (χ1v) is 4.46. The maximum absolute atomic E-state index is 5.30. The predicted octanol–water partition coefficient (Wildman–Crippen LogP) is 2.88. The smallest absolute Gasteiger partial charge is 0.122 e. The minimum absolute atomic E-state index is 0.778. The molecule has 1 saturated carbocycles. The monoisotopic (exact) mass is 162 g/mol. The lowest BCUT2D eigenvalue weighted by molar-refractivity contribution is 0.409. The summed E-state index contributed by atoms with van der Waals surface area (Å²) in [5.74, 6) is 1.84. The number of rotatable bonds is 2. The van der Waals surface area contributed by atoms with Crippen LogP contribution in [0.2, 0.25) is 0 Å². The van der Waals surface area contributed by atoms with Crippen LogP contribution in [0.4, 0.5) is 0 Å². The number of benzene rings is 1. The third-order valence-electron chi connectivity index (χ3n) is 2.40. The highest BCUT2D eigenvalue weighted by Gasteiger charge is 2.26. The summed E-state index contributed by atoms with van der Waals surface area (Å²) in [6, 6.07) is 6.42.